The summed E-state index contributed by atoms with van der Waals surface area (Å²) < 4.78 is 23.2. The number of nitrogen functional groups attached to an aromatic ring is 1. The summed E-state index contributed by atoms with van der Waals surface area (Å²) >= 11 is 5.75. The van der Waals surface area contributed by atoms with E-state index in [0.717, 1.165) is 6.42 Å². The highest BCUT2D eigenvalue weighted by atomic mass is 35.5. The van der Waals surface area contributed by atoms with E-state index in [1.54, 1.807) is 12.1 Å². The largest absolute Gasteiger partial charge is 0.399 e. The highest BCUT2D eigenvalue weighted by Gasteiger charge is 2.30. The van der Waals surface area contributed by atoms with Crippen LogP contribution in [-0.2, 0) is 9.84 Å². The Kier molecular flexibility index (Phi) is 3.44. The third-order valence-electron chi connectivity index (χ3n) is 2.79. The number of aromatic nitrogens is 1. The van der Waals surface area contributed by atoms with Crippen molar-refractivity contribution in [1.82, 2.24) is 4.98 Å². The molecule has 7 heteroatoms. The molecule has 1 saturated heterocycles. The number of nitrogens with two attached hydrogens (primary N) is 1. The molecule has 94 valence electrons. The quantitative estimate of drug-likeness (QED) is 0.813. The molecule has 0 spiro atoms. The maximum absolute atomic E-state index is 11.6. The van der Waals surface area contributed by atoms with Crippen LogP contribution in [0.25, 0.3) is 0 Å². The van der Waals surface area contributed by atoms with Crippen molar-refractivity contribution in [3.8, 4) is 0 Å². The van der Waals surface area contributed by atoms with Gasteiger partial charge in [0.15, 0.2) is 9.84 Å². The van der Waals surface area contributed by atoms with Crippen LogP contribution < -0.4 is 11.1 Å². The molecule has 5 nitrogen and oxygen atoms in total. The van der Waals surface area contributed by atoms with Gasteiger partial charge in [-0.15, -0.1) is 0 Å². The monoisotopic (exact) mass is 275 g/mol. The predicted octanol–water partition coefficient (Wildman–Crippen LogP) is 1.31. The minimum atomic E-state index is -2.93. The molecule has 1 fully saturated rings. The molecule has 1 aliphatic rings. The zero-order valence-corrected chi connectivity index (χ0v) is 10.8. The Morgan fingerprint density at radius 3 is 2.88 bits per heavy atom. The van der Waals surface area contributed by atoms with Crippen molar-refractivity contribution in [2.24, 2.45) is 0 Å². The summed E-state index contributed by atoms with van der Waals surface area (Å²) in [5.41, 5.74) is 6.12. The van der Waals surface area contributed by atoms with Gasteiger partial charge in [-0.25, -0.2) is 13.4 Å². The summed E-state index contributed by atoms with van der Waals surface area (Å²) in [6.07, 6.45) is 1.44. The van der Waals surface area contributed by atoms with Crippen LogP contribution in [0.5, 0.6) is 0 Å². The lowest BCUT2D eigenvalue weighted by Gasteiger charge is -2.11. The SMILES string of the molecule is Nc1cc(Cl)nc(NCC2CCCS2(=O)=O)c1. The number of nitrogens with zero attached hydrogens (tertiary/aromatic N) is 1. The number of nitrogens with one attached hydrogen (secondary N) is 1. The summed E-state index contributed by atoms with van der Waals surface area (Å²) in [5.74, 6) is 0.793. The van der Waals surface area contributed by atoms with Crippen molar-refractivity contribution in [3.63, 3.8) is 0 Å². The Morgan fingerprint density at radius 2 is 2.29 bits per heavy atom. The summed E-state index contributed by atoms with van der Waals surface area (Å²) in [4.78, 5) is 4.02. The highest BCUT2D eigenvalue weighted by Crippen LogP contribution is 2.21. The van der Waals surface area contributed by atoms with Crippen LogP contribution in [0.3, 0.4) is 0 Å². The fraction of sp³-hybridized carbons (Fsp3) is 0.500. The molecule has 1 aromatic rings. The second kappa shape index (κ2) is 4.70. The van der Waals surface area contributed by atoms with Gasteiger partial charge in [0.2, 0.25) is 0 Å². The van der Waals surface area contributed by atoms with Crippen molar-refractivity contribution in [2.45, 2.75) is 18.1 Å². The molecule has 1 atom stereocenters. The fourth-order valence-corrected chi connectivity index (χ4v) is 3.90. The summed E-state index contributed by atoms with van der Waals surface area (Å²) in [7, 11) is -2.93. The average molecular weight is 276 g/mol. The van der Waals surface area contributed by atoms with Gasteiger partial charge in [0.05, 0.1) is 11.0 Å². The number of hydrogen-bond acceptors (Lipinski definition) is 5. The molecule has 0 aromatic carbocycles. The van der Waals surface area contributed by atoms with E-state index in [1.807, 2.05) is 0 Å². The Hall–Kier alpha value is -1.01. The van der Waals surface area contributed by atoms with Gasteiger partial charge in [0, 0.05) is 18.3 Å². The van der Waals surface area contributed by atoms with Crippen LogP contribution in [0.1, 0.15) is 12.8 Å². The summed E-state index contributed by atoms with van der Waals surface area (Å²) in [5, 5.41) is 2.93. The first-order valence-electron chi connectivity index (χ1n) is 5.36. The van der Waals surface area contributed by atoms with E-state index in [1.165, 1.54) is 0 Å². The van der Waals surface area contributed by atoms with E-state index in [2.05, 4.69) is 10.3 Å². The van der Waals surface area contributed by atoms with Crippen molar-refractivity contribution < 1.29 is 8.42 Å². The van der Waals surface area contributed by atoms with Crippen molar-refractivity contribution in [2.75, 3.05) is 23.3 Å². The van der Waals surface area contributed by atoms with Crippen LogP contribution >= 0.6 is 11.6 Å². The van der Waals surface area contributed by atoms with Crippen LogP contribution in [0.4, 0.5) is 11.5 Å². The lowest BCUT2D eigenvalue weighted by Crippen LogP contribution is -2.25. The van der Waals surface area contributed by atoms with Crippen LogP contribution in [-0.4, -0.2) is 30.9 Å². The number of anilines is 2. The number of halogens is 1. The first-order chi connectivity index (χ1) is 7.97. The first kappa shape index (κ1) is 12.4. The molecule has 0 amide bonds. The van der Waals surface area contributed by atoms with Gasteiger partial charge in [0.25, 0.3) is 0 Å². The van der Waals surface area contributed by atoms with E-state index >= 15 is 0 Å². The van der Waals surface area contributed by atoms with Gasteiger partial charge in [-0.05, 0) is 18.9 Å². The predicted molar refractivity (Wildman–Crippen MR) is 69.0 cm³/mol. The minimum absolute atomic E-state index is 0.282. The maximum Gasteiger partial charge on any atom is 0.154 e. The molecule has 0 saturated carbocycles. The Morgan fingerprint density at radius 1 is 1.53 bits per heavy atom. The smallest absolute Gasteiger partial charge is 0.154 e. The third-order valence-corrected chi connectivity index (χ3v) is 5.26. The van der Waals surface area contributed by atoms with Crippen molar-refractivity contribution >= 4 is 32.9 Å². The van der Waals surface area contributed by atoms with E-state index < -0.39 is 9.84 Å². The molecule has 2 rings (SSSR count). The van der Waals surface area contributed by atoms with E-state index in [9.17, 15) is 8.42 Å². The highest BCUT2D eigenvalue weighted by molar-refractivity contribution is 7.92. The van der Waals surface area contributed by atoms with Gasteiger partial charge in [0.1, 0.15) is 11.0 Å². The molecule has 0 radical (unpaired) electrons. The van der Waals surface area contributed by atoms with Gasteiger partial charge in [-0.2, -0.15) is 0 Å². The lowest BCUT2D eigenvalue weighted by atomic mass is 10.2. The molecule has 0 bridgehead atoms. The van der Waals surface area contributed by atoms with Crippen molar-refractivity contribution in [1.29, 1.82) is 0 Å². The van der Waals surface area contributed by atoms with Crippen LogP contribution in [0.15, 0.2) is 12.1 Å². The normalized spacial score (nSPS) is 22.5. The standard InChI is InChI=1S/C10H14ClN3O2S/c11-9-4-7(12)5-10(14-9)13-6-8-2-1-3-17(8,15)16/h4-5,8H,1-3,6H2,(H3,12,13,14). The van der Waals surface area contributed by atoms with E-state index in [-0.39, 0.29) is 11.0 Å². The zero-order valence-electron chi connectivity index (χ0n) is 9.19. The third kappa shape index (κ3) is 3.01. The van der Waals surface area contributed by atoms with Gasteiger partial charge in [-0.3, -0.25) is 0 Å². The van der Waals surface area contributed by atoms with E-state index in [0.29, 0.717) is 29.6 Å². The molecular weight excluding hydrogens is 262 g/mol. The minimum Gasteiger partial charge on any atom is -0.399 e. The second-order valence-corrected chi connectivity index (χ2v) is 6.91. The second-order valence-electron chi connectivity index (χ2n) is 4.12. The lowest BCUT2D eigenvalue weighted by molar-refractivity contribution is 0.591. The number of sulfone groups is 1. The molecule has 1 aliphatic heterocycles. The topological polar surface area (TPSA) is 85.1 Å². The first-order valence-corrected chi connectivity index (χ1v) is 7.45. The summed E-state index contributed by atoms with van der Waals surface area (Å²) in [6, 6.07) is 3.17. The summed E-state index contributed by atoms with van der Waals surface area (Å²) in [6.45, 7) is 0.356. The van der Waals surface area contributed by atoms with Crippen LogP contribution in [0, 0.1) is 0 Å². The van der Waals surface area contributed by atoms with E-state index in [4.69, 9.17) is 17.3 Å². The number of pyridine rings is 1. The molecule has 2 heterocycles. The fourth-order valence-electron chi connectivity index (χ4n) is 1.91. The van der Waals surface area contributed by atoms with Gasteiger partial charge >= 0.3 is 0 Å². The number of rotatable bonds is 3. The molecular formula is C10H14ClN3O2S. The van der Waals surface area contributed by atoms with Gasteiger partial charge in [-0.1, -0.05) is 11.6 Å². The van der Waals surface area contributed by atoms with Gasteiger partial charge < -0.3 is 11.1 Å². The molecule has 1 aromatic heterocycles. The molecule has 0 aliphatic carbocycles. The number of hydrogen-bond donors (Lipinski definition) is 2. The molecule has 3 N–H and O–H groups in total. The Labute approximate surface area is 105 Å². The Balaban J connectivity index is 2.03. The van der Waals surface area contributed by atoms with Crippen molar-refractivity contribution in [3.05, 3.63) is 17.3 Å². The maximum atomic E-state index is 11.6. The Bertz CT molecular complexity index is 498. The molecule has 17 heavy (non-hydrogen) atoms. The zero-order chi connectivity index (χ0) is 12.5. The van der Waals surface area contributed by atoms with Crippen LogP contribution in [0.2, 0.25) is 5.15 Å². The average Bonchev–Trinajstić information content (AvgIpc) is 2.53. The molecule has 1 unspecified atom stereocenters.